The standard InChI is InChI=1S/C10H11IO3S.C3H8/c1-7-3-5-8(6-4-7)9(14-15-11)10(12)13-2;1-3-2/h3-6,9H,1-2H3;3H2,1-2H3. The molecule has 1 aromatic rings. The number of esters is 1. The summed E-state index contributed by atoms with van der Waals surface area (Å²) in [5.41, 5.74) is 1.95. The molecule has 0 aliphatic rings. The van der Waals surface area contributed by atoms with Crippen molar-refractivity contribution < 1.29 is 13.7 Å². The van der Waals surface area contributed by atoms with Gasteiger partial charge in [-0.15, -0.1) is 0 Å². The highest BCUT2D eigenvalue weighted by atomic mass is 127. The van der Waals surface area contributed by atoms with Gasteiger partial charge in [0, 0.05) is 21.2 Å². The number of carbonyl (C=O) groups excluding carboxylic acids is 1. The quantitative estimate of drug-likeness (QED) is 0.432. The van der Waals surface area contributed by atoms with Crippen LogP contribution in [0, 0.1) is 6.92 Å². The second-order valence-electron chi connectivity index (χ2n) is 3.68. The van der Waals surface area contributed by atoms with Gasteiger partial charge in [-0.25, -0.2) is 4.79 Å². The van der Waals surface area contributed by atoms with Crippen molar-refractivity contribution in [3.8, 4) is 0 Å². The number of rotatable bonds is 4. The van der Waals surface area contributed by atoms with Gasteiger partial charge < -0.3 is 4.74 Å². The first-order valence-corrected chi connectivity index (χ1v) is 8.97. The predicted molar refractivity (Wildman–Crippen MR) is 84.6 cm³/mol. The maximum absolute atomic E-state index is 11.4. The Kier molecular flexibility index (Phi) is 10.5. The first-order valence-electron chi connectivity index (χ1n) is 5.69. The maximum atomic E-state index is 11.4. The van der Waals surface area contributed by atoms with Crippen LogP contribution in [-0.4, -0.2) is 13.1 Å². The number of aryl methyl sites for hydroxylation is 1. The summed E-state index contributed by atoms with van der Waals surface area (Å²) in [6.07, 6.45) is 0.595. The van der Waals surface area contributed by atoms with Gasteiger partial charge in [-0.2, -0.15) is 0 Å². The third kappa shape index (κ3) is 6.61. The van der Waals surface area contributed by atoms with Crippen LogP contribution in [0.15, 0.2) is 24.3 Å². The lowest BCUT2D eigenvalue weighted by Crippen LogP contribution is -2.14. The van der Waals surface area contributed by atoms with Crippen LogP contribution in [0.2, 0.25) is 0 Å². The summed E-state index contributed by atoms with van der Waals surface area (Å²) in [5.74, 6) is -0.386. The molecule has 0 fully saturated rings. The van der Waals surface area contributed by atoms with Crippen LogP contribution >= 0.6 is 30.4 Å². The van der Waals surface area contributed by atoms with Gasteiger partial charge in [-0.1, -0.05) is 50.1 Å². The van der Waals surface area contributed by atoms with E-state index < -0.39 is 6.10 Å². The molecule has 0 aliphatic carbocycles. The highest BCUT2D eigenvalue weighted by molar-refractivity contribution is 14.2. The fourth-order valence-electron chi connectivity index (χ4n) is 1.12. The fraction of sp³-hybridized carbons (Fsp3) is 0.462. The summed E-state index contributed by atoms with van der Waals surface area (Å²) in [6.45, 7) is 6.24. The minimum atomic E-state index is -0.655. The van der Waals surface area contributed by atoms with Crippen LogP contribution in [0.3, 0.4) is 0 Å². The number of hydrogen-bond donors (Lipinski definition) is 0. The van der Waals surface area contributed by atoms with Crippen molar-refractivity contribution in [3.63, 3.8) is 0 Å². The average Bonchev–Trinajstić information content (AvgIpc) is 2.37. The van der Waals surface area contributed by atoms with Crippen LogP contribution in [0.1, 0.15) is 37.5 Å². The van der Waals surface area contributed by atoms with Crippen molar-refractivity contribution in [2.24, 2.45) is 0 Å². The molecule has 0 radical (unpaired) electrons. The van der Waals surface area contributed by atoms with Gasteiger partial charge >= 0.3 is 5.97 Å². The van der Waals surface area contributed by atoms with Crippen molar-refractivity contribution in [1.29, 1.82) is 0 Å². The van der Waals surface area contributed by atoms with Gasteiger partial charge in [0.1, 0.15) is 0 Å². The fourth-order valence-corrected chi connectivity index (χ4v) is 2.00. The summed E-state index contributed by atoms with van der Waals surface area (Å²) < 4.78 is 9.92. The molecule has 0 bridgehead atoms. The van der Waals surface area contributed by atoms with Crippen LogP contribution in [0.4, 0.5) is 0 Å². The molecule has 3 nitrogen and oxygen atoms in total. The van der Waals surface area contributed by atoms with Gasteiger partial charge in [0.15, 0.2) is 6.10 Å². The van der Waals surface area contributed by atoms with E-state index in [1.54, 1.807) is 0 Å². The molecule has 5 heteroatoms. The van der Waals surface area contributed by atoms with E-state index in [1.807, 2.05) is 52.4 Å². The Labute approximate surface area is 125 Å². The molecule has 1 aromatic carbocycles. The highest BCUT2D eigenvalue weighted by Crippen LogP contribution is 2.27. The Hall–Kier alpha value is -0.270. The molecule has 1 rings (SSSR count). The van der Waals surface area contributed by atoms with Crippen molar-refractivity contribution in [3.05, 3.63) is 35.4 Å². The molecule has 0 amide bonds. The lowest BCUT2D eigenvalue weighted by molar-refractivity contribution is -0.148. The summed E-state index contributed by atoms with van der Waals surface area (Å²) in [7, 11) is 2.47. The van der Waals surface area contributed by atoms with E-state index in [2.05, 4.69) is 18.6 Å². The number of methoxy groups -OCH3 is 1. The van der Waals surface area contributed by atoms with Gasteiger partial charge in [-0.05, 0) is 12.5 Å². The minimum Gasteiger partial charge on any atom is -0.467 e. The Morgan fingerprint density at radius 1 is 1.33 bits per heavy atom. The highest BCUT2D eigenvalue weighted by Gasteiger charge is 2.22. The summed E-state index contributed by atoms with van der Waals surface area (Å²) >= 11 is 1.97. The molecule has 18 heavy (non-hydrogen) atoms. The van der Waals surface area contributed by atoms with Crippen LogP contribution in [-0.2, 0) is 13.7 Å². The SMILES string of the molecule is CCC.COC(=O)C(OSI)c1ccc(C)cc1. The predicted octanol–water partition coefficient (Wildman–Crippen LogP) is 4.64. The normalized spacial score (nSPS) is 11.2. The van der Waals surface area contributed by atoms with Gasteiger partial charge in [0.25, 0.3) is 0 Å². The summed E-state index contributed by atoms with van der Waals surface area (Å²) in [4.78, 5) is 11.4. The molecule has 0 heterocycles. The topological polar surface area (TPSA) is 35.5 Å². The van der Waals surface area contributed by atoms with Crippen LogP contribution < -0.4 is 0 Å². The number of halogens is 1. The monoisotopic (exact) mass is 382 g/mol. The second-order valence-corrected chi connectivity index (χ2v) is 5.08. The third-order valence-electron chi connectivity index (χ3n) is 1.93. The Balaban J connectivity index is 0.000000873. The van der Waals surface area contributed by atoms with Crippen LogP contribution in [0.25, 0.3) is 0 Å². The molecule has 0 saturated heterocycles. The molecule has 0 spiro atoms. The van der Waals surface area contributed by atoms with Gasteiger partial charge in [-0.3, -0.25) is 4.18 Å². The maximum Gasteiger partial charge on any atom is 0.341 e. The zero-order chi connectivity index (χ0) is 14.0. The zero-order valence-electron chi connectivity index (χ0n) is 11.1. The largest absolute Gasteiger partial charge is 0.467 e. The number of carbonyl (C=O) groups is 1. The lowest BCUT2D eigenvalue weighted by Gasteiger charge is -2.13. The summed E-state index contributed by atoms with van der Waals surface area (Å²) in [5, 5.41) is 0. The van der Waals surface area contributed by atoms with Crippen molar-refractivity contribution in [1.82, 2.24) is 0 Å². The Morgan fingerprint density at radius 2 is 1.83 bits per heavy atom. The molecular formula is C13H19IO3S. The molecule has 0 N–H and O–H groups in total. The number of benzene rings is 1. The second kappa shape index (κ2) is 10.6. The van der Waals surface area contributed by atoms with E-state index in [4.69, 9.17) is 4.18 Å². The number of hydrogen-bond acceptors (Lipinski definition) is 4. The van der Waals surface area contributed by atoms with Crippen molar-refractivity contribution in [2.75, 3.05) is 7.11 Å². The molecule has 0 aliphatic heterocycles. The molecule has 1 unspecified atom stereocenters. The minimum absolute atomic E-state index is 0.386. The Bertz CT molecular complexity index is 341. The van der Waals surface area contributed by atoms with E-state index in [9.17, 15) is 4.79 Å². The van der Waals surface area contributed by atoms with E-state index in [0.29, 0.717) is 0 Å². The Morgan fingerprint density at radius 3 is 2.22 bits per heavy atom. The average molecular weight is 382 g/mol. The molecular weight excluding hydrogens is 363 g/mol. The van der Waals surface area contributed by atoms with Crippen LogP contribution in [0.5, 0.6) is 0 Å². The first kappa shape index (κ1) is 17.7. The molecule has 1 atom stereocenters. The third-order valence-corrected chi connectivity index (χ3v) is 2.82. The van der Waals surface area contributed by atoms with E-state index in [0.717, 1.165) is 20.3 Å². The molecule has 102 valence electrons. The van der Waals surface area contributed by atoms with Gasteiger partial charge in [0.05, 0.1) is 16.3 Å². The van der Waals surface area contributed by atoms with E-state index in [-0.39, 0.29) is 5.97 Å². The van der Waals surface area contributed by atoms with Crippen molar-refractivity contribution >= 4 is 36.4 Å². The molecule has 0 saturated carbocycles. The smallest absolute Gasteiger partial charge is 0.341 e. The number of ether oxygens (including phenoxy) is 1. The zero-order valence-corrected chi connectivity index (χ0v) is 14.1. The van der Waals surface area contributed by atoms with E-state index in [1.165, 1.54) is 13.5 Å². The first-order chi connectivity index (χ1) is 8.60. The molecule has 0 aromatic heterocycles. The van der Waals surface area contributed by atoms with Crippen molar-refractivity contribution in [2.45, 2.75) is 33.3 Å². The van der Waals surface area contributed by atoms with Gasteiger partial charge in [0.2, 0.25) is 0 Å². The summed E-state index contributed by atoms with van der Waals surface area (Å²) in [6, 6.07) is 7.60. The van der Waals surface area contributed by atoms with E-state index >= 15 is 0 Å². The lowest BCUT2D eigenvalue weighted by atomic mass is 10.1.